The predicted octanol–water partition coefficient (Wildman–Crippen LogP) is 3.57. The maximum atomic E-state index is 13.6. The Bertz CT molecular complexity index is 1080. The van der Waals surface area contributed by atoms with Crippen molar-refractivity contribution in [2.45, 2.75) is 64.3 Å². The van der Waals surface area contributed by atoms with Crippen molar-refractivity contribution in [3.8, 4) is 0 Å². The second-order valence-corrected chi connectivity index (χ2v) is 10.6. The van der Waals surface area contributed by atoms with E-state index in [1.54, 1.807) is 17.0 Å². The number of hydrogen-bond donors (Lipinski definition) is 3. The first-order valence-electron chi connectivity index (χ1n) is 13.7. The van der Waals surface area contributed by atoms with Crippen LogP contribution >= 0.6 is 0 Å². The molecule has 208 valence electrons. The minimum Gasteiger partial charge on any atom is -0.390 e. The fraction of sp³-hybridized carbons (Fsp3) is 0.533. The number of anilines is 2. The van der Waals surface area contributed by atoms with E-state index in [0.29, 0.717) is 38.0 Å². The summed E-state index contributed by atoms with van der Waals surface area (Å²) in [5.74, 6) is -0.198. The van der Waals surface area contributed by atoms with E-state index in [1.165, 1.54) is 0 Å². The van der Waals surface area contributed by atoms with Gasteiger partial charge in [-0.05, 0) is 78.0 Å². The minimum absolute atomic E-state index is 0.0743. The van der Waals surface area contributed by atoms with Crippen LogP contribution in [0.1, 0.15) is 56.0 Å². The SMILES string of the molecule is CCNc1cc(C(=O)N[C@@H](Cc2ccccc2)[C@H](O)CN(C)C(C)(CC)N(C)C)cc(N2CCCC2=O)c1. The van der Waals surface area contributed by atoms with Gasteiger partial charge < -0.3 is 20.6 Å². The zero-order valence-electron chi connectivity index (χ0n) is 23.8. The van der Waals surface area contributed by atoms with Crippen LogP contribution < -0.4 is 15.5 Å². The van der Waals surface area contributed by atoms with Crippen molar-refractivity contribution in [3.05, 3.63) is 59.7 Å². The van der Waals surface area contributed by atoms with Gasteiger partial charge in [-0.3, -0.25) is 19.4 Å². The number of nitrogens with zero attached hydrogens (tertiary/aromatic N) is 3. The molecule has 8 heteroatoms. The molecule has 0 radical (unpaired) electrons. The van der Waals surface area contributed by atoms with Gasteiger partial charge in [-0.25, -0.2) is 0 Å². The molecule has 0 spiro atoms. The van der Waals surface area contributed by atoms with E-state index in [0.717, 1.165) is 29.8 Å². The highest BCUT2D eigenvalue weighted by atomic mass is 16.3. The fourth-order valence-corrected chi connectivity index (χ4v) is 5.06. The van der Waals surface area contributed by atoms with Gasteiger partial charge in [-0.2, -0.15) is 0 Å². The van der Waals surface area contributed by atoms with E-state index >= 15 is 0 Å². The summed E-state index contributed by atoms with van der Waals surface area (Å²) < 4.78 is 0. The van der Waals surface area contributed by atoms with Crippen LogP contribution in [-0.2, 0) is 11.2 Å². The summed E-state index contributed by atoms with van der Waals surface area (Å²) in [5, 5.41) is 17.8. The minimum atomic E-state index is -0.799. The number of aliphatic hydroxyl groups excluding tert-OH is 1. The van der Waals surface area contributed by atoms with Gasteiger partial charge in [-0.15, -0.1) is 0 Å². The number of rotatable bonds is 13. The van der Waals surface area contributed by atoms with E-state index in [9.17, 15) is 14.7 Å². The quantitative estimate of drug-likeness (QED) is 0.348. The number of aliphatic hydroxyl groups is 1. The van der Waals surface area contributed by atoms with Crippen molar-refractivity contribution in [1.29, 1.82) is 0 Å². The lowest BCUT2D eigenvalue weighted by molar-refractivity contribution is -0.117. The summed E-state index contributed by atoms with van der Waals surface area (Å²) in [6.45, 7) is 8.02. The highest BCUT2D eigenvalue weighted by molar-refractivity contribution is 6.00. The van der Waals surface area contributed by atoms with E-state index < -0.39 is 12.1 Å². The second kappa shape index (κ2) is 13.2. The van der Waals surface area contributed by atoms with Crippen LogP contribution in [0.4, 0.5) is 11.4 Å². The van der Waals surface area contributed by atoms with Crippen molar-refractivity contribution < 1.29 is 14.7 Å². The highest BCUT2D eigenvalue weighted by Crippen LogP contribution is 2.27. The fourth-order valence-electron chi connectivity index (χ4n) is 5.06. The summed E-state index contributed by atoms with van der Waals surface area (Å²) in [7, 11) is 6.08. The summed E-state index contributed by atoms with van der Waals surface area (Å²) in [5.41, 5.74) is 2.78. The molecule has 0 saturated carbocycles. The Kier molecular flexibility index (Phi) is 10.3. The molecule has 1 saturated heterocycles. The summed E-state index contributed by atoms with van der Waals surface area (Å²) >= 11 is 0. The topological polar surface area (TPSA) is 88.1 Å². The van der Waals surface area contributed by atoms with Gasteiger partial charge in [0.15, 0.2) is 0 Å². The average Bonchev–Trinajstić information content (AvgIpc) is 3.33. The zero-order valence-corrected chi connectivity index (χ0v) is 23.8. The number of nitrogens with one attached hydrogen (secondary N) is 2. The van der Waals surface area contributed by atoms with Crippen LogP contribution in [0.25, 0.3) is 0 Å². The summed E-state index contributed by atoms with van der Waals surface area (Å²) in [4.78, 5) is 32.1. The van der Waals surface area contributed by atoms with E-state index in [1.807, 2.05) is 64.5 Å². The Morgan fingerprint density at radius 2 is 1.84 bits per heavy atom. The van der Waals surface area contributed by atoms with E-state index in [4.69, 9.17) is 0 Å². The number of hydrogen-bond acceptors (Lipinski definition) is 6. The van der Waals surface area contributed by atoms with Crippen molar-refractivity contribution in [3.63, 3.8) is 0 Å². The molecule has 3 N–H and O–H groups in total. The standard InChI is InChI=1S/C30H45N5O3/c1-7-30(3,33(4)5)34(6)21-27(36)26(17-22-13-10-9-11-14-22)32-29(38)23-18-24(31-8-2)20-25(19-23)35-16-12-15-28(35)37/h9-11,13-14,18-20,26-27,31,36H,7-8,12,15-17,21H2,1-6H3,(H,32,38)/t26-,27+,30?/m0/s1. The Balaban J connectivity index is 1.87. The predicted molar refractivity (Wildman–Crippen MR) is 155 cm³/mol. The number of benzene rings is 2. The number of carbonyl (C=O) groups is 2. The van der Waals surface area contributed by atoms with Crippen molar-refractivity contribution in [2.75, 3.05) is 51.0 Å². The highest BCUT2D eigenvalue weighted by Gasteiger charge is 2.33. The monoisotopic (exact) mass is 523 g/mol. The molecule has 3 rings (SSSR count). The molecule has 2 amide bonds. The molecule has 0 bridgehead atoms. The Morgan fingerprint density at radius 1 is 1.13 bits per heavy atom. The first-order chi connectivity index (χ1) is 18.1. The van der Waals surface area contributed by atoms with Crippen LogP contribution in [0, 0.1) is 0 Å². The molecule has 38 heavy (non-hydrogen) atoms. The van der Waals surface area contributed by atoms with Gasteiger partial charge in [0.25, 0.3) is 5.91 Å². The van der Waals surface area contributed by atoms with Crippen LogP contribution in [0.2, 0.25) is 0 Å². The molecule has 3 atom stereocenters. The molecule has 2 aromatic rings. The molecule has 1 aliphatic heterocycles. The van der Waals surface area contributed by atoms with Gasteiger partial charge in [0, 0.05) is 43.0 Å². The third-order valence-electron chi connectivity index (χ3n) is 7.94. The van der Waals surface area contributed by atoms with Crippen molar-refractivity contribution in [1.82, 2.24) is 15.1 Å². The molecule has 1 heterocycles. The number of amides is 2. The zero-order chi connectivity index (χ0) is 27.9. The maximum absolute atomic E-state index is 13.6. The lowest BCUT2D eigenvalue weighted by atomic mass is 9.98. The van der Waals surface area contributed by atoms with Gasteiger partial charge in [0.05, 0.1) is 17.8 Å². The van der Waals surface area contributed by atoms with Crippen LogP contribution in [-0.4, -0.2) is 85.3 Å². The maximum Gasteiger partial charge on any atom is 0.251 e. The van der Waals surface area contributed by atoms with Gasteiger partial charge in [0.1, 0.15) is 0 Å². The number of likely N-dealkylation sites (N-methyl/N-ethyl adjacent to an activating group) is 1. The normalized spacial score (nSPS) is 17.0. The third-order valence-corrected chi connectivity index (χ3v) is 7.94. The van der Waals surface area contributed by atoms with Crippen LogP contribution in [0.15, 0.2) is 48.5 Å². The Hall–Kier alpha value is -2.94. The summed E-state index contributed by atoms with van der Waals surface area (Å²) in [6, 6.07) is 14.9. The molecule has 1 aliphatic rings. The molecule has 8 nitrogen and oxygen atoms in total. The van der Waals surface area contributed by atoms with E-state index in [-0.39, 0.29) is 17.5 Å². The van der Waals surface area contributed by atoms with E-state index in [2.05, 4.69) is 34.3 Å². The largest absolute Gasteiger partial charge is 0.390 e. The molecule has 1 fully saturated rings. The number of carbonyl (C=O) groups excluding carboxylic acids is 2. The Morgan fingerprint density at radius 3 is 2.42 bits per heavy atom. The Labute approximate surface area is 228 Å². The van der Waals surface area contributed by atoms with Gasteiger partial charge >= 0.3 is 0 Å². The summed E-state index contributed by atoms with van der Waals surface area (Å²) in [6.07, 6.45) is 1.92. The lowest BCUT2D eigenvalue weighted by Crippen LogP contribution is -2.58. The first kappa shape index (κ1) is 29.6. The second-order valence-electron chi connectivity index (χ2n) is 10.6. The molecular formula is C30H45N5O3. The molecule has 0 aromatic heterocycles. The van der Waals surface area contributed by atoms with Gasteiger partial charge in [0.2, 0.25) is 5.91 Å². The molecule has 2 aromatic carbocycles. The average molecular weight is 524 g/mol. The third kappa shape index (κ3) is 7.12. The van der Waals surface area contributed by atoms with Crippen molar-refractivity contribution in [2.24, 2.45) is 0 Å². The van der Waals surface area contributed by atoms with Crippen molar-refractivity contribution >= 4 is 23.2 Å². The van der Waals surface area contributed by atoms with Crippen LogP contribution in [0.5, 0.6) is 0 Å². The lowest BCUT2D eigenvalue weighted by Gasteiger charge is -2.45. The first-order valence-corrected chi connectivity index (χ1v) is 13.7. The smallest absolute Gasteiger partial charge is 0.251 e. The van der Waals surface area contributed by atoms with Crippen LogP contribution in [0.3, 0.4) is 0 Å². The molecule has 1 unspecified atom stereocenters. The molecule has 0 aliphatic carbocycles. The van der Waals surface area contributed by atoms with Gasteiger partial charge in [-0.1, -0.05) is 37.3 Å². The molecular weight excluding hydrogens is 478 g/mol.